The Hall–Kier alpha value is -1.16. The molecule has 2 rings (SSSR count). The molecular weight excluding hydrogens is 266 g/mol. The third kappa shape index (κ3) is 4.44. The van der Waals surface area contributed by atoms with Gasteiger partial charge in [0, 0.05) is 18.0 Å². The molecule has 0 aliphatic rings. The zero-order valence-corrected chi connectivity index (χ0v) is 13.0. The summed E-state index contributed by atoms with van der Waals surface area (Å²) in [6, 6.07) is 14.2. The minimum atomic E-state index is -0.389. The molecule has 0 spiro atoms. The number of hydrogen-bond acceptors (Lipinski definition) is 3. The normalized spacial score (nSPS) is 14.4. The lowest BCUT2D eigenvalue weighted by molar-refractivity contribution is 0.0952. The van der Waals surface area contributed by atoms with Crippen LogP contribution in [0.4, 0.5) is 0 Å². The van der Waals surface area contributed by atoms with Gasteiger partial charge in [0.15, 0.2) is 0 Å². The lowest BCUT2D eigenvalue weighted by Crippen LogP contribution is -2.29. The standard InChI is InChI=1S/C17H23NOS/c1-14(17(19)15-7-4-3-5-8-15)13-18(2)11-10-16-9-6-12-20-16/h3-9,12,14,17,19H,10-11,13H2,1-2H3. The molecule has 1 heterocycles. The van der Waals surface area contributed by atoms with Crippen LogP contribution in [0.25, 0.3) is 0 Å². The molecule has 20 heavy (non-hydrogen) atoms. The van der Waals surface area contributed by atoms with Crippen LogP contribution in [0.1, 0.15) is 23.5 Å². The molecule has 0 bridgehead atoms. The number of thiophene rings is 1. The molecule has 3 heteroatoms. The first-order valence-electron chi connectivity index (χ1n) is 7.10. The van der Waals surface area contributed by atoms with Gasteiger partial charge in [-0.15, -0.1) is 11.3 Å². The molecule has 2 unspecified atom stereocenters. The minimum Gasteiger partial charge on any atom is -0.388 e. The van der Waals surface area contributed by atoms with Crippen molar-refractivity contribution in [1.82, 2.24) is 4.90 Å². The van der Waals surface area contributed by atoms with E-state index in [1.165, 1.54) is 4.88 Å². The molecule has 0 radical (unpaired) electrons. The van der Waals surface area contributed by atoms with Gasteiger partial charge in [0.05, 0.1) is 6.10 Å². The predicted molar refractivity (Wildman–Crippen MR) is 86.1 cm³/mol. The van der Waals surface area contributed by atoms with Crippen molar-refractivity contribution in [3.63, 3.8) is 0 Å². The van der Waals surface area contributed by atoms with E-state index in [0.717, 1.165) is 25.1 Å². The Morgan fingerprint density at radius 2 is 1.90 bits per heavy atom. The number of nitrogens with zero attached hydrogens (tertiary/aromatic N) is 1. The van der Waals surface area contributed by atoms with E-state index in [0.29, 0.717) is 0 Å². The molecule has 0 amide bonds. The van der Waals surface area contributed by atoms with Gasteiger partial charge in [-0.1, -0.05) is 43.3 Å². The number of hydrogen-bond donors (Lipinski definition) is 1. The Kier molecular flexibility index (Phi) is 5.77. The topological polar surface area (TPSA) is 23.5 Å². The minimum absolute atomic E-state index is 0.228. The maximum absolute atomic E-state index is 10.4. The lowest BCUT2D eigenvalue weighted by atomic mass is 9.97. The number of aliphatic hydroxyl groups is 1. The molecule has 0 saturated heterocycles. The fourth-order valence-corrected chi connectivity index (χ4v) is 3.12. The molecular formula is C17H23NOS. The molecule has 0 aliphatic carbocycles. The van der Waals surface area contributed by atoms with Crippen LogP contribution in [0.2, 0.25) is 0 Å². The SMILES string of the molecule is CC(CN(C)CCc1cccs1)C(O)c1ccccc1. The van der Waals surface area contributed by atoms with Gasteiger partial charge >= 0.3 is 0 Å². The van der Waals surface area contributed by atoms with Crippen LogP contribution in [0.15, 0.2) is 47.8 Å². The van der Waals surface area contributed by atoms with Gasteiger partial charge in [-0.2, -0.15) is 0 Å². The summed E-state index contributed by atoms with van der Waals surface area (Å²) in [4.78, 5) is 3.73. The predicted octanol–water partition coefficient (Wildman–Crippen LogP) is 3.59. The van der Waals surface area contributed by atoms with Crippen molar-refractivity contribution < 1.29 is 5.11 Å². The second-order valence-electron chi connectivity index (χ2n) is 5.42. The zero-order valence-electron chi connectivity index (χ0n) is 12.2. The summed E-state index contributed by atoms with van der Waals surface area (Å²) in [5.74, 6) is 0.228. The Morgan fingerprint density at radius 1 is 1.15 bits per heavy atom. The molecule has 0 aliphatic heterocycles. The average Bonchev–Trinajstić information content (AvgIpc) is 2.98. The third-order valence-corrected chi connectivity index (χ3v) is 4.54. The monoisotopic (exact) mass is 289 g/mol. The van der Waals surface area contributed by atoms with E-state index in [9.17, 15) is 5.11 Å². The highest BCUT2D eigenvalue weighted by Crippen LogP contribution is 2.22. The van der Waals surface area contributed by atoms with Crippen LogP contribution in [0.5, 0.6) is 0 Å². The van der Waals surface area contributed by atoms with E-state index in [1.807, 2.05) is 41.7 Å². The molecule has 0 saturated carbocycles. The first-order valence-corrected chi connectivity index (χ1v) is 7.98. The van der Waals surface area contributed by atoms with E-state index >= 15 is 0 Å². The highest BCUT2D eigenvalue weighted by atomic mass is 32.1. The Bertz CT molecular complexity index is 483. The van der Waals surface area contributed by atoms with Crippen LogP contribution >= 0.6 is 11.3 Å². The first kappa shape index (κ1) is 15.2. The van der Waals surface area contributed by atoms with Crippen molar-refractivity contribution in [2.24, 2.45) is 5.92 Å². The Balaban J connectivity index is 1.79. The van der Waals surface area contributed by atoms with E-state index in [-0.39, 0.29) is 12.0 Å². The summed E-state index contributed by atoms with van der Waals surface area (Å²) in [7, 11) is 2.13. The highest BCUT2D eigenvalue weighted by molar-refractivity contribution is 7.09. The van der Waals surface area contributed by atoms with Crippen LogP contribution in [-0.4, -0.2) is 30.1 Å². The fourth-order valence-electron chi connectivity index (χ4n) is 2.42. The first-order chi connectivity index (χ1) is 9.66. The summed E-state index contributed by atoms with van der Waals surface area (Å²) in [5.41, 5.74) is 1.01. The summed E-state index contributed by atoms with van der Waals surface area (Å²) < 4.78 is 0. The number of benzene rings is 1. The van der Waals surface area contributed by atoms with Crippen molar-refractivity contribution in [1.29, 1.82) is 0 Å². The Morgan fingerprint density at radius 3 is 2.55 bits per heavy atom. The highest BCUT2D eigenvalue weighted by Gasteiger charge is 2.17. The van der Waals surface area contributed by atoms with Crippen molar-refractivity contribution in [3.05, 3.63) is 58.3 Å². The van der Waals surface area contributed by atoms with Gasteiger partial charge in [-0.3, -0.25) is 0 Å². The number of aliphatic hydroxyl groups excluding tert-OH is 1. The van der Waals surface area contributed by atoms with Crippen LogP contribution < -0.4 is 0 Å². The van der Waals surface area contributed by atoms with Gasteiger partial charge in [0.1, 0.15) is 0 Å². The van der Waals surface area contributed by atoms with Gasteiger partial charge in [-0.05, 0) is 36.4 Å². The maximum atomic E-state index is 10.4. The van der Waals surface area contributed by atoms with Crippen molar-refractivity contribution >= 4 is 11.3 Å². The Labute approximate surface area is 125 Å². The largest absolute Gasteiger partial charge is 0.388 e. The van der Waals surface area contributed by atoms with Crippen LogP contribution in [0.3, 0.4) is 0 Å². The van der Waals surface area contributed by atoms with Crippen LogP contribution in [0, 0.1) is 5.92 Å². The molecule has 1 aromatic heterocycles. The van der Waals surface area contributed by atoms with Crippen molar-refractivity contribution in [2.75, 3.05) is 20.1 Å². The second-order valence-corrected chi connectivity index (χ2v) is 6.46. The molecule has 2 aromatic rings. The van der Waals surface area contributed by atoms with Gasteiger partial charge in [0.2, 0.25) is 0 Å². The smallest absolute Gasteiger partial charge is 0.0827 e. The van der Waals surface area contributed by atoms with Gasteiger partial charge < -0.3 is 10.0 Å². The summed E-state index contributed by atoms with van der Waals surface area (Å²) in [6.07, 6.45) is 0.697. The molecule has 2 atom stereocenters. The van der Waals surface area contributed by atoms with Crippen molar-refractivity contribution in [2.45, 2.75) is 19.4 Å². The lowest BCUT2D eigenvalue weighted by Gasteiger charge is -2.25. The van der Waals surface area contributed by atoms with E-state index in [2.05, 4.69) is 36.4 Å². The van der Waals surface area contributed by atoms with Gasteiger partial charge in [0.25, 0.3) is 0 Å². The number of likely N-dealkylation sites (N-methyl/N-ethyl adjacent to an activating group) is 1. The quantitative estimate of drug-likeness (QED) is 0.842. The fraction of sp³-hybridized carbons (Fsp3) is 0.412. The van der Waals surface area contributed by atoms with Crippen molar-refractivity contribution in [3.8, 4) is 0 Å². The van der Waals surface area contributed by atoms with E-state index in [1.54, 1.807) is 0 Å². The summed E-state index contributed by atoms with van der Waals surface area (Å²) in [6.45, 7) is 4.05. The number of rotatable bonds is 7. The average molecular weight is 289 g/mol. The molecule has 2 nitrogen and oxygen atoms in total. The third-order valence-electron chi connectivity index (χ3n) is 3.60. The summed E-state index contributed by atoms with van der Waals surface area (Å²) in [5, 5.41) is 12.5. The van der Waals surface area contributed by atoms with E-state index < -0.39 is 0 Å². The summed E-state index contributed by atoms with van der Waals surface area (Å²) >= 11 is 1.81. The second kappa shape index (κ2) is 7.58. The molecule has 1 N–H and O–H groups in total. The molecule has 1 aromatic carbocycles. The van der Waals surface area contributed by atoms with E-state index in [4.69, 9.17) is 0 Å². The maximum Gasteiger partial charge on any atom is 0.0827 e. The van der Waals surface area contributed by atoms with Crippen LogP contribution in [-0.2, 0) is 6.42 Å². The molecule has 108 valence electrons. The molecule has 0 fully saturated rings. The van der Waals surface area contributed by atoms with Gasteiger partial charge in [-0.25, -0.2) is 0 Å². The zero-order chi connectivity index (χ0) is 14.4.